The number of para-hydroxylation sites is 1. The van der Waals surface area contributed by atoms with E-state index >= 15 is 0 Å². The average molecular weight is 315 g/mol. The molecule has 5 heteroatoms. The first-order valence-corrected chi connectivity index (χ1v) is 8.38. The van der Waals surface area contributed by atoms with Gasteiger partial charge in [0.15, 0.2) is 0 Å². The normalized spacial score (nSPS) is 14.9. The van der Waals surface area contributed by atoms with Gasteiger partial charge in [-0.15, -0.1) is 0 Å². The van der Waals surface area contributed by atoms with E-state index in [0.29, 0.717) is 6.42 Å². The molecule has 23 heavy (non-hydrogen) atoms. The number of unbranched alkanes of at least 4 members (excludes halogenated alkanes) is 2. The van der Waals surface area contributed by atoms with Crippen LogP contribution in [0.25, 0.3) is 10.9 Å². The molecule has 0 radical (unpaired) electrons. The van der Waals surface area contributed by atoms with Crippen molar-refractivity contribution >= 4 is 16.9 Å². The van der Waals surface area contributed by atoms with E-state index in [1.54, 1.807) is 0 Å². The van der Waals surface area contributed by atoms with Gasteiger partial charge < -0.3 is 14.3 Å². The lowest BCUT2D eigenvalue weighted by Crippen LogP contribution is -2.27. The standard InChI is InChI=1S/C18H25N3O2/c1-20-12-10-15-14-7-4-5-8-16(14)21(17(15)13-20)11-6-2-3-9-18(22)23-19/h4-5,7-8H,2-3,6,9-13,19H2,1H3. The van der Waals surface area contributed by atoms with Crippen molar-refractivity contribution in [1.82, 2.24) is 9.47 Å². The SMILES string of the molecule is CN1CCc2c(n(CCCCCC(=O)ON)c3ccccc23)C1. The number of rotatable bonds is 6. The Labute approximate surface area is 137 Å². The molecule has 0 saturated heterocycles. The minimum atomic E-state index is -0.324. The number of benzene rings is 1. The van der Waals surface area contributed by atoms with Gasteiger partial charge in [0.25, 0.3) is 0 Å². The van der Waals surface area contributed by atoms with Crippen LogP contribution in [0.5, 0.6) is 0 Å². The molecule has 1 aliphatic rings. The van der Waals surface area contributed by atoms with Crippen LogP contribution in [0, 0.1) is 0 Å². The highest BCUT2D eigenvalue weighted by Crippen LogP contribution is 2.30. The van der Waals surface area contributed by atoms with Crippen molar-refractivity contribution in [3.63, 3.8) is 0 Å². The van der Waals surface area contributed by atoms with Gasteiger partial charge in [-0.3, -0.25) is 4.79 Å². The Hall–Kier alpha value is -1.85. The molecule has 0 amide bonds. The Morgan fingerprint density at radius 1 is 1.26 bits per heavy atom. The zero-order valence-electron chi connectivity index (χ0n) is 13.8. The molecular weight excluding hydrogens is 290 g/mol. The maximum atomic E-state index is 11.0. The summed E-state index contributed by atoms with van der Waals surface area (Å²) in [4.78, 5) is 17.6. The van der Waals surface area contributed by atoms with Crippen LogP contribution in [0.4, 0.5) is 0 Å². The molecule has 0 spiro atoms. The predicted octanol–water partition coefficient (Wildman–Crippen LogP) is 2.61. The van der Waals surface area contributed by atoms with Crippen LogP contribution in [0.1, 0.15) is 36.9 Å². The number of nitrogens with zero attached hydrogens (tertiary/aromatic N) is 2. The zero-order valence-corrected chi connectivity index (χ0v) is 13.8. The highest BCUT2D eigenvalue weighted by molar-refractivity contribution is 5.85. The lowest BCUT2D eigenvalue weighted by Gasteiger charge is -2.24. The largest absolute Gasteiger partial charge is 0.373 e. The molecule has 0 unspecified atom stereocenters. The number of carbonyl (C=O) groups is 1. The Morgan fingerprint density at radius 3 is 2.91 bits per heavy atom. The van der Waals surface area contributed by atoms with Crippen molar-refractivity contribution in [2.75, 3.05) is 13.6 Å². The van der Waals surface area contributed by atoms with E-state index in [9.17, 15) is 4.79 Å². The summed E-state index contributed by atoms with van der Waals surface area (Å²) in [5.41, 5.74) is 4.32. The summed E-state index contributed by atoms with van der Waals surface area (Å²) >= 11 is 0. The predicted molar refractivity (Wildman–Crippen MR) is 90.7 cm³/mol. The molecule has 3 rings (SSSR count). The number of hydrogen-bond donors (Lipinski definition) is 1. The first-order chi connectivity index (χ1) is 11.2. The van der Waals surface area contributed by atoms with Crippen molar-refractivity contribution in [1.29, 1.82) is 0 Å². The summed E-state index contributed by atoms with van der Waals surface area (Å²) in [5.74, 6) is 4.53. The third-order valence-electron chi connectivity index (χ3n) is 4.75. The van der Waals surface area contributed by atoms with Crippen molar-refractivity contribution in [2.45, 2.75) is 45.2 Å². The van der Waals surface area contributed by atoms with Crippen molar-refractivity contribution in [2.24, 2.45) is 5.90 Å². The highest BCUT2D eigenvalue weighted by Gasteiger charge is 2.21. The molecule has 2 heterocycles. The quantitative estimate of drug-likeness (QED) is 0.657. The van der Waals surface area contributed by atoms with Gasteiger partial charge in [0, 0.05) is 42.7 Å². The van der Waals surface area contributed by atoms with Crippen LogP contribution in [-0.2, 0) is 29.1 Å². The Bertz CT molecular complexity index is 693. The molecular formula is C18H25N3O2. The molecule has 1 aromatic heterocycles. The zero-order chi connectivity index (χ0) is 16.2. The summed E-state index contributed by atoms with van der Waals surface area (Å²) in [6.07, 6.45) is 4.43. The van der Waals surface area contributed by atoms with Gasteiger partial charge >= 0.3 is 5.97 Å². The second-order valence-electron chi connectivity index (χ2n) is 6.38. The number of aryl methyl sites for hydroxylation is 1. The number of carbonyl (C=O) groups excluding carboxylic acids is 1. The molecule has 0 atom stereocenters. The molecule has 0 bridgehead atoms. The minimum absolute atomic E-state index is 0.324. The first-order valence-electron chi connectivity index (χ1n) is 8.38. The van der Waals surface area contributed by atoms with Gasteiger partial charge in [-0.2, -0.15) is 5.90 Å². The van der Waals surface area contributed by atoms with Crippen molar-refractivity contribution in [3.8, 4) is 0 Å². The molecule has 5 nitrogen and oxygen atoms in total. The smallest absolute Gasteiger partial charge is 0.324 e. The fourth-order valence-corrected chi connectivity index (χ4v) is 3.56. The number of aromatic nitrogens is 1. The molecule has 0 saturated carbocycles. The molecule has 2 N–H and O–H groups in total. The lowest BCUT2D eigenvalue weighted by atomic mass is 10.0. The topological polar surface area (TPSA) is 60.5 Å². The summed E-state index contributed by atoms with van der Waals surface area (Å²) in [6.45, 7) is 3.15. The third kappa shape index (κ3) is 3.41. The van der Waals surface area contributed by atoms with E-state index in [0.717, 1.165) is 45.3 Å². The maximum absolute atomic E-state index is 11.0. The third-order valence-corrected chi connectivity index (χ3v) is 4.75. The van der Waals surface area contributed by atoms with Gasteiger partial charge in [0.05, 0.1) is 0 Å². The van der Waals surface area contributed by atoms with Crippen molar-refractivity contribution < 1.29 is 9.63 Å². The first kappa shape index (κ1) is 16.0. The molecule has 1 aromatic carbocycles. The maximum Gasteiger partial charge on any atom is 0.324 e. The Balaban J connectivity index is 1.72. The molecule has 0 fully saturated rings. The van der Waals surface area contributed by atoms with Gasteiger partial charge in [0.1, 0.15) is 0 Å². The Morgan fingerprint density at radius 2 is 2.09 bits per heavy atom. The summed E-state index contributed by atoms with van der Waals surface area (Å²) in [6, 6.07) is 8.71. The highest BCUT2D eigenvalue weighted by atomic mass is 16.7. The average Bonchev–Trinajstić information content (AvgIpc) is 2.87. The van der Waals surface area contributed by atoms with E-state index in [4.69, 9.17) is 5.90 Å². The molecule has 1 aliphatic heterocycles. The van der Waals surface area contributed by atoms with Gasteiger partial charge in [-0.05, 0) is 37.9 Å². The van der Waals surface area contributed by atoms with E-state index in [2.05, 4.69) is 45.6 Å². The number of likely N-dealkylation sites (N-methyl/N-ethyl adjacent to an activating group) is 1. The van der Waals surface area contributed by atoms with Crippen LogP contribution < -0.4 is 5.90 Å². The van der Waals surface area contributed by atoms with Crippen LogP contribution >= 0.6 is 0 Å². The van der Waals surface area contributed by atoms with Crippen LogP contribution in [-0.4, -0.2) is 29.0 Å². The second-order valence-corrected chi connectivity index (χ2v) is 6.38. The summed E-state index contributed by atoms with van der Waals surface area (Å²) in [7, 11) is 2.18. The van der Waals surface area contributed by atoms with Crippen molar-refractivity contribution in [3.05, 3.63) is 35.5 Å². The fraction of sp³-hybridized carbons (Fsp3) is 0.500. The van der Waals surface area contributed by atoms with Crippen LogP contribution in [0.2, 0.25) is 0 Å². The van der Waals surface area contributed by atoms with E-state index in [-0.39, 0.29) is 5.97 Å². The van der Waals surface area contributed by atoms with E-state index in [1.165, 1.54) is 22.2 Å². The second kappa shape index (κ2) is 7.15. The summed E-state index contributed by atoms with van der Waals surface area (Å²) in [5, 5.41) is 1.40. The molecule has 2 aromatic rings. The van der Waals surface area contributed by atoms with E-state index in [1.807, 2.05) is 0 Å². The van der Waals surface area contributed by atoms with Gasteiger partial charge in [-0.25, -0.2) is 0 Å². The number of hydrogen-bond acceptors (Lipinski definition) is 4. The fourth-order valence-electron chi connectivity index (χ4n) is 3.56. The lowest BCUT2D eigenvalue weighted by molar-refractivity contribution is -0.144. The number of fused-ring (bicyclic) bond motifs is 3. The van der Waals surface area contributed by atoms with Crippen LogP contribution in [0.15, 0.2) is 24.3 Å². The van der Waals surface area contributed by atoms with E-state index < -0.39 is 0 Å². The number of nitrogens with two attached hydrogens (primary N) is 1. The summed E-state index contributed by atoms with van der Waals surface area (Å²) < 4.78 is 2.47. The minimum Gasteiger partial charge on any atom is -0.373 e. The van der Waals surface area contributed by atoms with Gasteiger partial charge in [0.2, 0.25) is 0 Å². The molecule has 124 valence electrons. The monoisotopic (exact) mass is 315 g/mol. The van der Waals surface area contributed by atoms with Crippen LogP contribution in [0.3, 0.4) is 0 Å². The van der Waals surface area contributed by atoms with Gasteiger partial charge in [-0.1, -0.05) is 24.6 Å². The Kier molecular flexibility index (Phi) is 4.98. The molecule has 0 aliphatic carbocycles.